The molecule has 0 amide bonds. The van der Waals surface area contributed by atoms with Crippen LogP contribution in [-0.2, 0) is 37.9 Å². The van der Waals surface area contributed by atoms with Crippen LogP contribution >= 0.6 is 0 Å². The highest BCUT2D eigenvalue weighted by atomic mass is 16.8. The molecule has 0 radical (unpaired) electrons. The molecule has 0 aromatic carbocycles. The zero-order valence-electron chi connectivity index (χ0n) is 35.6. The van der Waals surface area contributed by atoms with Crippen molar-refractivity contribution in [2.24, 2.45) is 46.3 Å². The molecule has 5 heterocycles. The fraction of sp³-hybridized carbons (Fsp3) is 0.955. The van der Waals surface area contributed by atoms with E-state index in [1.165, 1.54) is 25.3 Å². The number of allylic oxidation sites excluding steroid dienone is 1. The third-order valence-corrected chi connectivity index (χ3v) is 17.3. The first-order chi connectivity index (χ1) is 28.5. The van der Waals surface area contributed by atoms with Crippen LogP contribution in [0, 0.1) is 46.3 Å². The van der Waals surface area contributed by atoms with Gasteiger partial charge in [-0.3, -0.25) is 0 Å². The molecule has 16 heteroatoms. The molecule has 16 nitrogen and oxygen atoms in total. The van der Waals surface area contributed by atoms with Gasteiger partial charge in [0.1, 0.15) is 61.0 Å². The lowest BCUT2D eigenvalue weighted by molar-refractivity contribution is -0.379. The van der Waals surface area contributed by atoms with E-state index in [-0.39, 0.29) is 23.0 Å². The lowest BCUT2D eigenvalue weighted by Gasteiger charge is -2.58. The molecule has 342 valence electrons. The van der Waals surface area contributed by atoms with Gasteiger partial charge >= 0.3 is 0 Å². The monoisotopic (exact) mass is 854 g/mol. The van der Waals surface area contributed by atoms with Gasteiger partial charge in [0.15, 0.2) is 24.7 Å². The van der Waals surface area contributed by atoms with E-state index >= 15 is 0 Å². The lowest BCUT2D eigenvalue weighted by atomic mass is 9.47. The second-order valence-corrected chi connectivity index (χ2v) is 20.6. The Morgan fingerprint density at radius 3 is 2.22 bits per heavy atom. The van der Waals surface area contributed by atoms with Crippen LogP contribution in [-0.4, -0.2) is 165 Å². The Morgan fingerprint density at radius 2 is 1.48 bits per heavy atom. The highest BCUT2D eigenvalue weighted by Crippen LogP contribution is 2.70. The van der Waals surface area contributed by atoms with Crippen molar-refractivity contribution in [2.75, 3.05) is 19.8 Å². The van der Waals surface area contributed by atoms with E-state index in [1.807, 2.05) is 0 Å². The summed E-state index contributed by atoms with van der Waals surface area (Å²) in [4.78, 5) is 0. The molecule has 5 aliphatic heterocycles. The first kappa shape index (κ1) is 44.3. The molecular formula is C44H70O16. The number of ether oxygens (including phenoxy) is 8. The Morgan fingerprint density at radius 1 is 0.733 bits per heavy atom. The van der Waals surface area contributed by atoms with Crippen LogP contribution in [0.3, 0.4) is 0 Å². The molecule has 25 unspecified atom stereocenters. The van der Waals surface area contributed by atoms with Crippen molar-refractivity contribution in [3.05, 3.63) is 11.6 Å². The zero-order chi connectivity index (χ0) is 42.6. The normalized spacial score (nSPS) is 57.9. The molecule has 1 spiro atoms. The van der Waals surface area contributed by atoms with Gasteiger partial charge in [-0.05, 0) is 98.7 Å². The molecule has 60 heavy (non-hydrogen) atoms. The Bertz CT molecular complexity index is 1560. The summed E-state index contributed by atoms with van der Waals surface area (Å²) < 4.78 is 49.1. The van der Waals surface area contributed by atoms with E-state index in [1.54, 1.807) is 0 Å². The van der Waals surface area contributed by atoms with E-state index in [0.29, 0.717) is 41.9 Å². The van der Waals surface area contributed by atoms with Crippen molar-refractivity contribution in [2.45, 2.75) is 196 Å². The molecule has 8 N–H and O–H groups in total. The second-order valence-electron chi connectivity index (χ2n) is 20.6. The summed E-state index contributed by atoms with van der Waals surface area (Å²) in [5.74, 6) is 2.74. The third-order valence-electron chi connectivity index (χ3n) is 17.3. The third kappa shape index (κ3) is 7.19. The van der Waals surface area contributed by atoms with Gasteiger partial charge in [-0.1, -0.05) is 39.3 Å². The first-order valence-electron chi connectivity index (χ1n) is 22.8. The maximum Gasteiger partial charge on any atom is 0.187 e. The second kappa shape index (κ2) is 16.5. The van der Waals surface area contributed by atoms with Gasteiger partial charge in [-0.2, -0.15) is 0 Å². The predicted octanol–water partition coefficient (Wildman–Crippen LogP) is 0.853. The molecule has 8 fully saturated rings. The molecular weight excluding hydrogens is 784 g/mol. The minimum atomic E-state index is -1.73. The molecule has 9 rings (SSSR count). The zero-order valence-corrected chi connectivity index (χ0v) is 35.6. The lowest BCUT2D eigenvalue weighted by Crippen LogP contribution is -2.65. The van der Waals surface area contributed by atoms with Crippen molar-refractivity contribution >= 4 is 0 Å². The predicted molar refractivity (Wildman–Crippen MR) is 208 cm³/mol. The minimum Gasteiger partial charge on any atom is -0.394 e. The van der Waals surface area contributed by atoms with Crippen molar-refractivity contribution < 1.29 is 78.7 Å². The topological polar surface area (TPSA) is 236 Å². The van der Waals surface area contributed by atoms with Gasteiger partial charge in [0.25, 0.3) is 0 Å². The van der Waals surface area contributed by atoms with Gasteiger partial charge in [0.05, 0.1) is 38.1 Å². The molecule has 3 saturated carbocycles. The van der Waals surface area contributed by atoms with E-state index in [2.05, 4.69) is 33.8 Å². The smallest absolute Gasteiger partial charge is 0.187 e. The molecule has 9 aliphatic rings. The summed E-state index contributed by atoms with van der Waals surface area (Å²) in [6, 6.07) is 0. The van der Waals surface area contributed by atoms with Crippen LogP contribution in [0.5, 0.6) is 0 Å². The number of aliphatic hydroxyl groups is 8. The molecule has 0 bridgehead atoms. The van der Waals surface area contributed by atoms with Gasteiger partial charge in [0, 0.05) is 12.3 Å². The number of rotatable bonds is 7. The molecule has 0 aromatic rings. The maximum atomic E-state index is 11.7. The fourth-order valence-electron chi connectivity index (χ4n) is 13.7. The Hall–Kier alpha value is -0.900. The molecule has 4 aliphatic carbocycles. The van der Waals surface area contributed by atoms with Crippen LogP contribution in [0.1, 0.15) is 92.4 Å². The van der Waals surface area contributed by atoms with Crippen LogP contribution in [0.4, 0.5) is 0 Å². The summed E-state index contributed by atoms with van der Waals surface area (Å²) >= 11 is 0. The first-order valence-corrected chi connectivity index (χ1v) is 22.8. The van der Waals surface area contributed by atoms with Crippen molar-refractivity contribution in [3.63, 3.8) is 0 Å². The SMILES string of the molecule is CC1CCC2(OC1)OC1CC3C4CC=C5CC(OC6OC(CO)C(O)C(OC7OCC(O)C(O)C7OC7OC(C)C(O)C(O)C7O)C6O)CCC5(C)C4CCC3(C)C1C2C. The molecule has 5 saturated heterocycles. The van der Waals surface area contributed by atoms with E-state index < -0.39 is 105 Å². The summed E-state index contributed by atoms with van der Waals surface area (Å²) in [6.45, 7) is 10.9. The van der Waals surface area contributed by atoms with E-state index in [4.69, 9.17) is 37.9 Å². The Labute approximate surface area is 352 Å². The number of aliphatic hydroxyl groups excluding tert-OH is 8. The van der Waals surface area contributed by atoms with Gasteiger partial charge < -0.3 is 78.7 Å². The minimum absolute atomic E-state index is 0.0138. The van der Waals surface area contributed by atoms with Crippen LogP contribution < -0.4 is 0 Å². The summed E-state index contributed by atoms with van der Waals surface area (Å²) in [7, 11) is 0. The van der Waals surface area contributed by atoms with Crippen LogP contribution in [0.25, 0.3) is 0 Å². The molecule has 0 aromatic heterocycles. The van der Waals surface area contributed by atoms with Crippen molar-refractivity contribution in [3.8, 4) is 0 Å². The fourth-order valence-corrected chi connectivity index (χ4v) is 13.7. The van der Waals surface area contributed by atoms with Gasteiger partial charge in [0.2, 0.25) is 0 Å². The standard InChI is InChI=1S/C44H70O16/c1-19-8-13-44(54-17-19)20(2)30-28(60-44)15-26-24-7-6-22-14-23(9-11-42(22,4)25(24)10-12-43(26,30)5)56-40-36(52)37(33(49)29(16-45)57-40)58-41-38(32(48)27(46)18-53-41)59-39-35(51)34(50)31(47)21(3)55-39/h6,19-21,23-41,45-52H,7-18H2,1-5H3. The summed E-state index contributed by atoms with van der Waals surface area (Å²) in [6.07, 6.45) is -9.26. The van der Waals surface area contributed by atoms with Crippen molar-refractivity contribution in [1.29, 1.82) is 0 Å². The maximum absolute atomic E-state index is 11.7. The summed E-state index contributed by atoms with van der Waals surface area (Å²) in [5.41, 5.74) is 1.60. The molecule has 25 atom stereocenters. The number of hydrogen-bond acceptors (Lipinski definition) is 16. The Balaban J connectivity index is 0.864. The van der Waals surface area contributed by atoms with Gasteiger partial charge in [-0.25, -0.2) is 0 Å². The van der Waals surface area contributed by atoms with Crippen molar-refractivity contribution in [1.82, 2.24) is 0 Å². The quantitative estimate of drug-likeness (QED) is 0.166. The van der Waals surface area contributed by atoms with Crippen LogP contribution in [0.2, 0.25) is 0 Å². The van der Waals surface area contributed by atoms with Crippen LogP contribution in [0.15, 0.2) is 11.6 Å². The Kier molecular flexibility index (Phi) is 12.2. The number of fused-ring (bicyclic) bond motifs is 7. The largest absolute Gasteiger partial charge is 0.394 e. The number of hydrogen-bond donors (Lipinski definition) is 8. The highest BCUT2D eigenvalue weighted by molar-refractivity contribution is 5.26. The van der Waals surface area contributed by atoms with E-state index in [0.717, 1.165) is 45.1 Å². The average molecular weight is 855 g/mol. The highest BCUT2D eigenvalue weighted by Gasteiger charge is 2.69. The van der Waals surface area contributed by atoms with Gasteiger partial charge in [-0.15, -0.1) is 0 Å². The summed E-state index contributed by atoms with van der Waals surface area (Å²) in [5, 5.41) is 85.7. The van der Waals surface area contributed by atoms with E-state index in [9.17, 15) is 40.9 Å². The average Bonchev–Trinajstić information content (AvgIpc) is 3.67.